The number of hydrogen-bond donors (Lipinski definition) is 0. The van der Waals surface area contributed by atoms with Crippen molar-refractivity contribution in [2.75, 3.05) is 0 Å². The molecule has 0 aliphatic carbocycles. The maximum Gasteiger partial charge on any atom is 0.0794 e. The van der Waals surface area contributed by atoms with Crippen molar-refractivity contribution in [1.29, 1.82) is 0 Å². The first-order valence-corrected chi connectivity index (χ1v) is 16.4. The van der Waals surface area contributed by atoms with Gasteiger partial charge in [0.05, 0.1) is 11.0 Å². The van der Waals surface area contributed by atoms with Crippen LogP contribution in [0.3, 0.4) is 0 Å². The highest BCUT2D eigenvalue weighted by Gasteiger charge is 2.18. The molecular weight excluding hydrogens is 581 g/mol. The van der Waals surface area contributed by atoms with Gasteiger partial charge in [0.2, 0.25) is 0 Å². The highest BCUT2D eigenvalue weighted by atomic mass is 14.7. The van der Waals surface area contributed by atoms with E-state index in [9.17, 15) is 0 Å². The van der Waals surface area contributed by atoms with E-state index in [1.807, 2.05) is 18.5 Å². The summed E-state index contributed by atoms with van der Waals surface area (Å²) in [5.74, 6) is 0. The molecule has 2 heteroatoms. The number of pyridine rings is 2. The summed E-state index contributed by atoms with van der Waals surface area (Å²) in [6, 6.07) is 57.2. The molecule has 0 radical (unpaired) electrons. The zero-order valence-corrected chi connectivity index (χ0v) is 26.1. The first-order chi connectivity index (χ1) is 23.8. The monoisotopic (exact) mass is 608 g/mol. The molecule has 0 bridgehead atoms. The highest BCUT2D eigenvalue weighted by Crippen LogP contribution is 2.44. The summed E-state index contributed by atoms with van der Waals surface area (Å²) in [4.78, 5) is 9.96. The number of rotatable bonds is 3. The molecule has 0 atom stereocenters. The minimum Gasteiger partial charge on any atom is -0.264 e. The Kier molecular flexibility index (Phi) is 5.91. The topological polar surface area (TPSA) is 25.8 Å². The molecule has 0 saturated heterocycles. The second kappa shape index (κ2) is 10.6. The van der Waals surface area contributed by atoms with E-state index in [2.05, 4.69) is 157 Å². The number of hydrogen-bond acceptors (Lipinski definition) is 2. The van der Waals surface area contributed by atoms with E-state index in [-0.39, 0.29) is 0 Å². The van der Waals surface area contributed by atoms with Gasteiger partial charge >= 0.3 is 0 Å². The van der Waals surface area contributed by atoms with Gasteiger partial charge in [0.1, 0.15) is 0 Å². The third kappa shape index (κ3) is 4.13. The van der Waals surface area contributed by atoms with Crippen LogP contribution in [-0.4, -0.2) is 9.97 Å². The lowest BCUT2D eigenvalue weighted by Crippen LogP contribution is -1.93. The van der Waals surface area contributed by atoms with E-state index in [4.69, 9.17) is 4.98 Å². The van der Waals surface area contributed by atoms with Gasteiger partial charge in [-0.25, -0.2) is 4.98 Å². The molecule has 222 valence electrons. The first-order valence-electron chi connectivity index (χ1n) is 16.4. The van der Waals surface area contributed by atoms with Crippen LogP contribution in [0.15, 0.2) is 170 Å². The van der Waals surface area contributed by atoms with E-state index in [0.29, 0.717) is 0 Å². The third-order valence-electron chi connectivity index (χ3n) is 9.86. The minimum atomic E-state index is 1.02. The van der Waals surface area contributed by atoms with Crippen molar-refractivity contribution in [3.63, 3.8) is 0 Å². The molecule has 2 nitrogen and oxygen atoms in total. The molecule has 0 unspecified atom stereocenters. The molecule has 0 amide bonds. The van der Waals surface area contributed by atoms with Crippen molar-refractivity contribution in [3.8, 4) is 33.4 Å². The minimum absolute atomic E-state index is 1.02. The third-order valence-corrected chi connectivity index (χ3v) is 9.86. The number of fused-ring (bicyclic) bond motifs is 9. The second-order valence-electron chi connectivity index (χ2n) is 12.6. The fraction of sp³-hybridized carbons (Fsp3) is 0. The summed E-state index contributed by atoms with van der Waals surface area (Å²) in [5.41, 5.74) is 9.02. The highest BCUT2D eigenvalue weighted by molar-refractivity contribution is 6.22. The maximum absolute atomic E-state index is 5.45. The Morgan fingerprint density at radius 3 is 1.56 bits per heavy atom. The van der Waals surface area contributed by atoms with Crippen LogP contribution < -0.4 is 0 Å². The van der Waals surface area contributed by atoms with Gasteiger partial charge in [-0.1, -0.05) is 127 Å². The summed E-state index contributed by atoms with van der Waals surface area (Å²) in [6.07, 6.45) is 3.80. The van der Waals surface area contributed by atoms with Crippen molar-refractivity contribution >= 4 is 64.9 Å². The lowest BCUT2D eigenvalue weighted by Gasteiger charge is -2.18. The Hall–Kier alpha value is -6.38. The predicted molar refractivity (Wildman–Crippen MR) is 203 cm³/mol. The van der Waals surface area contributed by atoms with Crippen LogP contribution in [0, 0.1) is 0 Å². The number of nitrogens with zero attached hydrogens (tertiary/aromatic N) is 2. The largest absolute Gasteiger partial charge is 0.264 e. The summed E-state index contributed by atoms with van der Waals surface area (Å²) in [5, 5.41) is 12.0. The SMILES string of the molecule is c1cncc(-c2cc(-c3cc4ccccc4c4ccccc34)cc(-c3c4ccc5ccccc5c4nc4c3ccc3ccccc34)c2)c1. The van der Waals surface area contributed by atoms with Gasteiger partial charge in [0.15, 0.2) is 0 Å². The first kappa shape index (κ1) is 26.8. The predicted octanol–water partition coefficient (Wildman–Crippen LogP) is 12.4. The normalized spacial score (nSPS) is 11.8. The van der Waals surface area contributed by atoms with Gasteiger partial charge in [-0.15, -0.1) is 0 Å². The molecule has 10 rings (SSSR count). The summed E-state index contributed by atoms with van der Waals surface area (Å²) < 4.78 is 0. The Morgan fingerprint density at radius 1 is 0.333 bits per heavy atom. The molecule has 0 aliphatic heterocycles. The van der Waals surface area contributed by atoms with Gasteiger partial charge < -0.3 is 0 Å². The van der Waals surface area contributed by atoms with Crippen LogP contribution in [0.2, 0.25) is 0 Å². The average Bonchev–Trinajstić information content (AvgIpc) is 3.16. The van der Waals surface area contributed by atoms with E-state index in [0.717, 1.165) is 49.3 Å². The second-order valence-corrected chi connectivity index (χ2v) is 12.6. The molecule has 0 fully saturated rings. The Morgan fingerprint density at radius 2 is 0.896 bits per heavy atom. The van der Waals surface area contributed by atoms with Crippen molar-refractivity contribution in [1.82, 2.24) is 9.97 Å². The Labute approximate surface area is 277 Å². The summed E-state index contributed by atoms with van der Waals surface area (Å²) >= 11 is 0. The molecule has 2 heterocycles. The van der Waals surface area contributed by atoms with Gasteiger partial charge in [-0.3, -0.25) is 4.98 Å². The van der Waals surface area contributed by atoms with Gasteiger partial charge in [0.25, 0.3) is 0 Å². The average molecular weight is 609 g/mol. The van der Waals surface area contributed by atoms with Crippen LogP contribution in [0.4, 0.5) is 0 Å². The molecule has 0 spiro atoms. The van der Waals surface area contributed by atoms with Crippen LogP contribution >= 0.6 is 0 Å². The quantitative estimate of drug-likeness (QED) is 0.147. The summed E-state index contributed by atoms with van der Waals surface area (Å²) in [7, 11) is 0. The number of benzene rings is 8. The van der Waals surface area contributed by atoms with Crippen molar-refractivity contribution in [2.24, 2.45) is 0 Å². The summed E-state index contributed by atoms with van der Waals surface area (Å²) in [6.45, 7) is 0. The fourth-order valence-electron chi connectivity index (χ4n) is 7.64. The zero-order valence-electron chi connectivity index (χ0n) is 26.1. The van der Waals surface area contributed by atoms with Crippen LogP contribution in [0.25, 0.3) is 98.3 Å². The molecule has 10 aromatic rings. The molecule has 2 aromatic heterocycles. The standard InChI is InChI=1S/C46H28N2/c1-5-15-37-29(10-1)19-21-41-44(42-22-20-30-11-2-6-16-38(30)46(42)48-45(37)41)35-25-33(32-13-9-23-47-28-32)24-34(26-35)43-27-31-12-3-4-14-36(31)39-17-7-8-18-40(39)43/h1-28H. The molecule has 48 heavy (non-hydrogen) atoms. The van der Waals surface area contributed by atoms with Gasteiger partial charge in [-0.05, 0) is 84.9 Å². The van der Waals surface area contributed by atoms with Crippen molar-refractivity contribution in [3.05, 3.63) is 170 Å². The van der Waals surface area contributed by atoms with E-state index in [1.54, 1.807) is 0 Å². The lowest BCUT2D eigenvalue weighted by molar-refractivity contribution is 1.33. The van der Waals surface area contributed by atoms with E-state index >= 15 is 0 Å². The smallest absolute Gasteiger partial charge is 0.0794 e. The van der Waals surface area contributed by atoms with Crippen molar-refractivity contribution in [2.45, 2.75) is 0 Å². The van der Waals surface area contributed by atoms with Gasteiger partial charge in [0, 0.05) is 45.1 Å². The van der Waals surface area contributed by atoms with E-state index in [1.165, 1.54) is 49.0 Å². The molecule has 0 N–H and O–H groups in total. The van der Waals surface area contributed by atoms with Crippen LogP contribution in [-0.2, 0) is 0 Å². The fourth-order valence-corrected chi connectivity index (χ4v) is 7.64. The molecule has 0 saturated carbocycles. The lowest BCUT2D eigenvalue weighted by atomic mass is 9.87. The molecule has 0 aliphatic rings. The van der Waals surface area contributed by atoms with Gasteiger partial charge in [-0.2, -0.15) is 0 Å². The van der Waals surface area contributed by atoms with Crippen LogP contribution in [0.1, 0.15) is 0 Å². The van der Waals surface area contributed by atoms with Crippen LogP contribution in [0.5, 0.6) is 0 Å². The molecule has 8 aromatic carbocycles. The Balaban J connectivity index is 1.37. The Bertz CT molecular complexity index is 2790. The van der Waals surface area contributed by atoms with Crippen molar-refractivity contribution < 1.29 is 0 Å². The molecular formula is C46H28N2. The number of aromatic nitrogens is 2. The zero-order chi connectivity index (χ0) is 31.6. The van der Waals surface area contributed by atoms with E-state index < -0.39 is 0 Å². The maximum atomic E-state index is 5.45.